The van der Waals surface area contributed by atoms with Gasteiger partial charge in [0.15, 0.2) is 0 Å². The Balaban J connectivity index is 1.26. The van der Waals surface area contributed by atoms with E-state index in [0.29, 0.717) is 12.3 Å². The Hall–Kier alpha value is -1.86. The van der Waals surface area contributed by atoms with Gasteiger partial charge in [-0.2, -0.15) is 0 Å². The van der Waals surface area contributed by atoms with Gasteiger partial charge in [0.05, 0.1) is 0 Å². The molecule has 0 aromatic heterocycles. The van der Waals surface area contributed by atoms with Crippen LogP contribution >= 0.6 is 11.9 Å². The van der Waals surface area contributed by atoms with Crippen LogP contribution in [0, 0.1) is 12.8 Å². The Morgan fingerprint density at radius 2 is 2.03 bits per heavy atom. The first-order chi connectivity index (χ1) is 14.6. The van der Waals surface area contributed by atoms with Crippen LogP contribution in [-0.2, 0) is 16.0 Å². The van der Waals surface area contributed by atoms with Gasteiger partial charge in [-0.1, -0.05) is 37.3 Å². The molecule has 7 heteroatoms. The fourth-order valence-corrected chi connectivity index (χ4v) is 5.86. The van der Waals surface area contributed by atoms with E-state index in [1.807, 2.05) is 24.1 Å². The zero-order chi connectivity index (χ0) is 21.0. The molecular formula is C23H32N4O2S. The third kappa shape index (κ3) is 4.72. The van der Waals surface area contributed by atoms with Crippen molar-refractivity contribution in [1.29, 1.82) is 0 Å². The van der Waals surface area contributed by atoms with Crippen molar-refractivity contribution in [3.05, 3.63) is 29.3 Å². The summed E-state index contributed by atoms with van der Waals surface area (Å²) in [5.74, 6) is 2.58. The van der Waals surface area contributed by atoms with E-state index in [1.54, 1.807) is 0 Å². The van der Waals surface area contributed by atoms with Crippen molar-refractivity contribution in [3.8, 4) is 0 Å². The van der Waals surface area contributed by atoms with E-state index >= 15 is 0 Å². The molecule has 1 spiro atoms. The van der Waals surface area contributed by atoms with Crippen LogP contribution in [0.5, 0.6) is 0 Å². The third-order valence-electron chi connectivity index (χ3n) is 6.75. The summed E-state index contributed by atoms with van der Waals surface area (Å²) >= 11 is 1.87. The van der Waals surface area contributed by atoms with Gasteiger partial charge in [-0.15, -0.1) is 0 Å². The first kappa shape index (κ1) is 21.4. The molecule has 0 radical (unpaired) electrons. The molecule has 1 saturated heterocycles. The Morgan fingerprint density at radius 3 is 2.73 bits per heavy atom. The molecule has 1 aliphatic carbocycles. The van der Waals surface area contributed by atoms with E-state index in [4.69, 9.17) is 4.99 Å². The minimum absolute atomic E-state index is 0.132. The van der Waals surface area contributed by atoms with Crippen molar-refractivity contribution in [3.63, 3.8) is 0 Å². The number of aliphatic imine (C=N–C) groups is 1. The molecule has 0 atom stereocenters. The summed E-state index contributed by atoms with van der Waals surface area (Å²) < 4.78 is 2.39. The summed E-state index contributed by atoms with van der Waals surface area (Å²) in [6, 6.07) is 6.06. The van der Waals surface area contributed by atoms with Gasteiger partial charge in [0.2, 0.25) is 6.41 Å². The van der Waals surface area contributed by atoms with E-state index in [9.17, 15) is 9.59 Å². The number of carbonyl (C=O) groups is 2. The highest BCUT2D eigenvalue weighted by Gasteiger charge is 2.46. The Labute approximate surface area is 183 Å². The second kappa shape index (κ2) is 9.52. The number of hydrogen-bond donors (Lipinski definition) is 2. The predicted octanol–water partition coefficient (Wildman–Crippen LogP) is 3.70. The molecule has 162 valence electrons. The lowest BCUT2D eigenvalue weighted by Crippen LogP contribution is -2.47. The average Bonchev–Trinajstić information content (AvgIpc) is 3.08. The highest BCUT2D eigenvalue weighted by atomic mass is 32.2. The van der Waals surface area contributed by atoms with E-state index in [1.165, 1.54) is 43.2 Å². The molecule has 1 aromatic carbocycles. The zero-order valence-corrected chi connectivity index (χ0v) is 18.6. The molecule has 0 bridgehead atoms. The van der Waals surface area contributed by atoms with Crippen LogP contribution in [0.1, 0.15) is 56.1 Å². The monoisotopic (exact) mass is 428 g/mol. The van der Waals surface area contributed by atoms with Crippen LogP contribution in [-0.4, -0.2) is 46.8 Å². The Bertz CT molecular complexity index is 811. The highest BCUT2D eigenvalue weighted by Crippen LogP contribution is 2.35. The lowest BCUT2D eigenvalue weighted by Gasteiger charge is -2.34. The summed E-state index contributed by atoms with van der Waals surface area (Å²) in [5.41, 5.74) is 2.83. The highest BCUT2D eigenvalue weighted by molar-refractivity contribution is 7.97. The van der Waals surface area contributed by atoms with Crippen molar-refractivity contribution in [2.24, 2.45) is 10.9 Å². The molecule has 1 saturated carbocycles. The maximum atomic E-state index is 12.7. The molecule has 2 N–H and O–H groups in total. The van der Waals surface area contributed by atoms with E-state index < -0.39 is 5.54 Å². The van der Waals surface area contributed by atoms with Crippen LogP contribution in [0.3, 0.4) is 0 Å². The molecule has 2 fully saturated rings. The number of anilines is 1. The Morgan fingerprint density at radius 1 is 1.27 bits per heavy atom. The van der Waals surface area contributed by atoms with Gasteiger partial charge < -0.3 is 10.6 Å². The van der Waals surface area contributed by atoms with Gasteiger partial charge in [-0.25, -0.2) is 0 Å². The minimum atomic E-state index is -0.512. The van der Waals surface area contributed by atoms with Crippen LogP contribution in [0.15, 0.2) is 23.2 Å². The van der Waals surface area contributed by atoms with Crippen molar-refractivity contribution >= 4 is 35.8 Å². The van der Waals surface area contributed by atoms with Gasteiger partial charge >= 0.3 is 0 Å². The average molecular weight is 429 g/mol. The fraction of sp³-hybridized carbons (Fsp3) is 0.609. The standard InChI is InChI=1S/C23H32N4O2S/c1-17-15-20(24-16-28)8-7-18(17)9-14-30-27-12-10-23(11-13-27)22(29)25-21(26-23)19-5-3-2-4-6-19/h7-8,15-16,19H,2-6,9-14H2,1H3,(H,24,28)(H,25,26,29). The number of piperidine rings is 1. The normalized spacial score (nSPS) is 22.0. The maximum Gasteiger partial charge on any atom is 0.253 e. The molecule has 30 heavy (non-hydrogen) atoms. The van der Waals surface area contributed by atoms with Gasteiger partial charge in [0, 0.05) is 30.4 Å². The third-order valence-corrected chi connectivity index (χ3v) is 7.87. The molecule has 0 unspecified atom stereocenters. The number of aryl methyl sites for hydroxylation is 2. The van der Waals surface area contributed by atoms with Crippen LogP contribution < -0.4 is 10.6 Å². The van der Waals surface area contributed by atoms with Crippen LogP contribution in [0.2, 0.25) is 0 Å². The maximum absolute atomic E-state index is 12.7. The number of hydrogen-bond acceptors (Lipinski definition) is 5. The van der Waals surface area contributed by atoms with Crippen LogP contribution in [0.25, 0.3) is 0 Å². The number of amidine groups is 1. The molecule has 4 rings (SSSR count). The van der Waals surface area contributed by atoms with Crippen molar-refractivity contribution < 1.29 is 9.59 Å². The topological polar surface area (TPSA) is 73.8 Å². The second-order valence-electron chi connectivity index (χ2n) is 8.73. The molecule has 2 aliphatic heterocycles. The number of nitrogens with zero attached hydrogens (tertiary/aromatic N) is 2. The summed E-state index contributed by atoms with van der Waals surface area (Å²) in [4.78, 5) is 28.3. The van der Waals surface area contributed by atoms with Gasteiger partial charge in [-0.3, -0.25) is 18.9 Å². The molecule has 1 aromatic rings. The number of carbonyl (C=O) groups excluding carboxylic acids is 2. The number of amides is 2. The lowest BCUT2D eigenvalue weighted by molar-refractivity contribution is -0.124. The molecule has 3 aliphatic rings. The Kier molecular flexibility index (Phi) is 6.78. The van der Waals surface area contributed by atoms with E-state index in [2.05, 4.69) is 27.9 Å². The second-order valence-corrected chi connectivity index (χ2v) is 9.92. The molecule has 6 nitrogen and oxygen atoms in total. The zero-order valence-electron chi connectivity index (χ0n) is 17.8. The minimum Gasteiger partial charge on any atom is -0.329 e. The molecule has 2 heterocycles. The number of benzene rings is 1. The number of rotatable bonds is 7. The summed E-state index contributed by atoms with van der Waals surface area (Å²) in [6.45, 7) is 3.89. The quantitative estimate of drug-likeness (QED) is 0.513. The molecule has 2 amide bonds. The smallest absolute Gasteiger partial charge is 0.253 e. The summed E-state index contributed by atoms with van der Waals surface area (Å²) in [7, 11) is 0. The summed E-state index contributed by atoms with van der Waals surface area (Å²) in [6.07, 6.45) is 9.49. The van der Waals surface area contributed by atoms with Crippen molar-refractivity contribution in [2.45, 2.75) is 63.8 Å². The summed E-state index contributed by atoms with van der Waals surface area (Å²) in [5, 5.41) is 5.84. The van der Waals surface area contributed by atoms with Crippen molar-refractivity contribution in [2.75, 3.05) is 24.2 Å². The SMILES string of the molecule is Cc1cc(NC=O)ccc1CCSN1CCC2(CC1)N=C(C1CCCCC1)NC2=O. The van der Waals surface area contributed by atoms with Gasteiger partial charge in [0.1, 0.15) is 11.4 Å². The fourth-order valence-electron chi connectivity index (χ4n) is 4.85. The van der Waals surface area contributed by atoms with Crippen LogP contribution in [0.4, 0.5) is 5.69 Å². The lowest BCUT2D eigenvalue weighted by atomic mass is 9.88. The van der Waals surface area contributed by atoms with Crippen molar-refractivity contribution in [1.82, 2.24) is 9.62 Å². The van der Waals surface area contributed by atoms with E-state index in [0.717, 1.165) is 49.6 Å². The first-order valence-corrected chi connectivity index (χ1v) is 12.1. The van der Waals surface area contributed by atoms with Gasteiger partial charge in [0.25, 0.3) is 5.91 Å². The first-order valence-electron chi connectivity index (χ1n) is 11.2. The predicted molar refractivity (Wildman–Crippen MR) is 123 cm³/mol. The molecular weight excluding hydrogens is 396 g/mol. The largest absolute Gasteiger partial charge is 0.329 e. The number of nitrogens with one attached hydrogen (secondary N) is 2. The van der Waals surface area contributed by atoms with E-state index in [-0.39, 0.29) is 5.91 Å². The van der Waals surface area contributed by atoms with Gasteiger partial charge in [-0.05, 0) is 62.3 Å².